The summed E-state index contributed by atoms with van der Waals surface area (Å²) in [6, 6.07) is 0.0437. The number of ether oxygens (including phenoxy) is 1. The zero-order valence-corrected chi connectivity index (χ0v) is 7.16. The molecule has 68 valence electrons. The van der Waals surface area contributed by atoms with Crippen molar-refractivity contribution in [3.8, 4) is 0 Å². The highest BCUT2D eigenvalue weighted by molar-refractivity contribution is 6.11. The van der Waals surface area contributed by atoms with Gasteiger partial charge >= 0.3 is 0 Å². The normalized spacial score (nSPS) is 52.7. The van der Waals surface area contributed by atoms with E-state index < -0.39 is 11.7 Å². The van der Waals surface area contributed by atoms with Crippen LogP contribution in [0.5, 0.6) is 0 Å². The third kappa shape index (κ3) is 0.940. The molecule has 3 N–H and O–H groups in total. The molecule has 0 spiro atoms. The summed E-state index contributed by atoms with van der Waals surface area (Å²) in [4.78, 5) is 0. The quantitative estimate of drug-likeness (QED) is 0.375. The van der Waals surface area contributed by atoms with Gasteiger partial charge < -0.3 is 20.3 Å². The topological polar surface area (TPSA) is 61.7 Å². The predicted molar refractivity (Wildman–Crippen MR) is 45.6 cm³/mol. The fourth-order valence-electron chi connectivity index (χ4n) is 2.24. The Morgan fingerprint density at radius 3 is 3.00 bits per heavy atom. The Morgan fingerprint density at radius 2 is 2.42 bits per heavy atom. The van der Waals surface area contributed by atoms with E-state index in [9.17, 15) is 5.11 Å². The van der Waals surface area contributed by atoms with Crippen molar-refractivity contribution >= 4 is 7.85 Å². The minimum Gasteiger partial charge on any atom is -0.393 e. The Labute approximate surface area is 72.3 Å². The summed E-state index contributed by atoms with van der Waals surface area (Å²) in [5.41, 5.74) is -0.734. The molecule has 4 nitrogen and oxygen atoms in total. The van der Waals surface area contributed by atoms with Crippen LogP contribution in [0.3, 0.4) is 0 Å². The van der Waals surface area contributed by atoms with Crippen LogP contribution >= 0.6 is 0 Å². The van der Waals surface area contributed by atoms with Gasteiger partial charge in [0.15, 0.2) is 0 Å². The van der Waals surface area contributed by atoms with Crippen molar-refractivity contribution in [3.05, 3.63) is 0 Å². The predicted octanol–water partition coefficient (Wildman–Crippen LogP) is -2.71. The molecule has 0 radical (unpaired) electrons. The second kappa shape index (κ2) is 2.70. The SMILES string of the molecule is B[C@@H]1O[C@@]2(CO)CNC[C@@H]1[C@@H]2O. The molecule has 0 aromatic heterocycles. The van der Waals surface area contributed by atoms with E-state index in [1.807, 2.05) is 7.85 Å². The smallest absolute Gasteiger partial charge is 0.139 e. The number of hydrogen-bond acceptors (Lipinski definition) is 4. The van der Waals surface area contributed by atoms with Crippen molar-refractivity contribution in [2.45, 2.75) is 17.7 Å². The summed E-state index contributed by atoms with van der Waals surface area (Å²) in [5.74, 6) is 0.130. The number of rotatable bonds is 1. The van der Waals surface area contributed by atoms with Crippen LogP contribution in [0, 0.1) is 5.92 Å². The summed E-state index contributed by atoms with van der Waals surface area (Å²) < 4.78 is 5.57. The molecule has 2 aliphatic rings. The molecule has 0 aromatic carbocycles. The summed E-state index contributed by atoms with van der Waals surface area (Å²) in [6.45, 7) is 1.22. The zero-order valence-electron chi connectivity index (χ0n) is 7.16. The van der Waals surface area contributed by atoms with Gasteiger partial charge in [0.05, 0.1) is 12.7 Å². The zero-order chi connectivity index (χ0) is 8.77. The number of aliphatic hydroxyl groups is 2. The highest BCUT2D eigenvalue weighted by atomic mass is 16.5. The van der Waals surface area contributed by atoms with Crippen LogP contribution in [0.1, 0.15) is 0 Å². The second-order valence-electron chi connectivity index (χ2n) is 3.79. The van der Waals surface area contributed by atoms with E-state index in [2.05, 4.69) is 5.32 Å². The van der Waals surface area contributed by atoms with E-state index in [1.165, 1.54) is 0 Å². The first-order valence-corrected chi connectivity index (χ1v) is 4.37. The van der Waals surface area contributed by atoms with Crippen molar-refractivity contribution in [1.29, 1.82) is 0 Å². The van der Waals surface area contributed by atoms with Gasteiger partial charge in [-0.15, -0.1) is 0 Å². The largest absolute Gasteiger partial charge is 0.393 e. The van der Waals surface area contributed by atoms with Gasteiger partial charge in [-0.3, -0.25) is 0 Å². The summed E-state index contributed by atoms with van der Waals surface area (Å²) >= 11 is 0. The molecule has 2 heterocycles. The maximum Gasteiger partial charge on any atom is 0.139 e. The highest BCUT2D eigenvalue weighted by Crippen LogP contribution is 2.36. The van der Waals surface area contributed by atoms with E-state index in [0.29, 0.717) is 6.54 Å². The Bertz CT molecular complexity index is 191. The highest BCUT2D eigenvalue weighted by Gasteiger charge is 2.54. The summed E-state index contributed by atoms with van der Waals surface area (Å²) in [6.07, 6.45) is -0.515. The van der Waals surface area contributed by atoms with E-state index in [4.69, 9.17) is 9.84 Å². The van der Waals surface area contributed by atoms with Crippen LogP contribution in [-0.2, 0) is 4.74 Å². The van der Waals surface area contributed by atoms with Crippen LogP contribution in [-0.4, -0.2) is 55.5 Å². The number of piperidine rings is 1. The van der Waals surface area contributed by atoms with Crippen molar-refractivity contribution in [2.24, 2.45) is 5.92 Å². The number of nitrogens with one attached hydrogen (secondary N) is 1. The van der Waals surface area contributed by atoms with Crippen LogP contribution in [0.2, 0.25) is 0 Å². The lowest BCUT2D eigenvalue weighted by Gasteiger charge is -2.34. The first kappa shape index (κ1) is 8.50. The van der Waals surface area contributed by atoms with Gasteiger partial charge in [-0.2, -0.15) is 0 Å². The van der Waals surface area contributed by atoms with Crippen LogP contribution in [0.25, 0.3) is 0 Å². The first-order valence-electron chi connectivity index (χ1n) is 4.37. The lowest BCUT2D eigenvalue weighted by Crippen LogP contribution is -2.57. The monoisotopic (exact) mass is 171 g/mol. The van der Waals surface area contributed by atoms with Gasteiger partial charge in [-0.05, 0) is 0 Å². The molecule has 2 saturated heterocycles. The Hall–Kier alpha value is -0.0951. The molecule has 2 fully saturated rings. The molecule has 0 aliphatic carbocycles. The van der Waals surface area contributed by atoms with Crippen molar-refractivity contribution in [2.75, 3.05) is 19.7 Å². The van der Waals surface area contributed by atoms with Crippen molar-refractivity contribution in [3.63, 3.8) is 0 Å². The van der Waals surface area contributed by atoms with Crippen LogP contribution in [0.4, 0.5) is 0 Å². The molecular formula is C7H14BNO3. The maximum atomic E-state index is 9.80. The lowest BCUT2D eigenvalue weighted by atomic mass is 9.79. The van der Waals surface area contributed by atoms with Gasteiger partial charge in [0.1, 0.15) is 13.4 Å². The van der Waals surface area contributed by atoms with E-state index in [1.54, 1.807) is 0 Å². The average molecular weight is 171 g/mol. The second-order valence-corrected chi connectivity index (χ2v) is 3.79. The fourth-order valence-corrected chi connectivity index (χ4v) is 2.24. The molecule has 2 aliphatic heterocycles. The summed E-state index contributed by atoms with van der Waals surface area (Å²) in [7, 11) is 1.94. The van der Waals surface area contributed by atoms with Crippen molar-refractivity contribution in [1.82, 2.24) is 5.32 Å². The number of hydrogen-bond donors (Lipinski definition) is 3. The average Bonchev–Trinajstić information content (AvgIpc) is 2.23. The Balaban J connectivity index is 2.24. The molecular weight excluding hydrogens is 157 g/mol. The van der Waals surface area contributed by atoms with E-state index in [0.717, 1.165) is 6.54 Å². The minimum atomic E-state index is -0.734. The molecule has 0 aromatic rings. The Morgan fingerprint density at radius 1 is 1.67 bits per heavy atom. The number of aliphatic hydroxyl groups excluding tert-OH is 2. The van der Waals surface area contributed by atoms with Gasteiger partial charge in [0.2, 0.25) is 0 Å². The van der Waals surface area contributed by atoms with Crippen LogP contribution < -0.4 is 5.32 Å². The van der Waals surface area contributed by atoms with Gasteiger partial charge in [-0.25, -0.2) is 0 Å². The molecule has 5 heteroatoms. The van der Waals surface area contributed by atoms with Gasteiger partial charge in [0.25, 0.3) is 0 Å². The van der Waals surface area contributed by atoms with Gasteiger partial charge in [0, 0.05) is 25.0 Å². The molecule has 2 bridgehead atoms. The standard InChI is InChI=1S/C7H14BNO3/c8-6-4-1-9-2-7(3-10,12-6)5(4)11/h4-6,9-11H,1-3,8H2/t4-,5+,6-,7-/m1/s1. The summed E-state index contributed by atoms with van der Waals surface area (Å²) in [5, 5.41) is 22.1. The number of fused-ring (bicyclic) bond motifs is 2. The molecule has 0 saturated carbocycles. The molecule has 0 amide bonds. The molecule has 2 rings (SSSR count). The van der Waals surface area contributed by atoms with Crippen molar-refractivity contribution < 1.29 is 14.9 Å². The van der Waals surface area contributed by atoms with E-state index in [-0.39, 0.29) is 18.5 Å². The first-order chi connectivity index (χ1) is 5.69. The fraction of sp³-hybridized carbons (Fsp3) is 1.00. The van der Waals surface area contributed by atoms with Crippen LogP contribution in [0.15, 0.2) is 0 Å². The lowest BCUT2D eigenvalue weighted by molar-refractivity contribution is -0.100. The van der Waals surface area contributed by atoms with Gasteiger partial charge in [-0.1, -0.05) is 0 Å². The van der Waals surface area contributed by atoms with E-state index >= 15 is 0 Å². The minimum absolute atomic E-state index is 0.0437. The third-order valence-electron chi connectivity index (χ3n) is 3.04. The molecule has 0 unspecified atom stereocenters. The molecule has 4 atom stereocenters. The molecule has 12 heavy (non-hydrogen) atoms. The Kier molecular flexibility index (Phi) is 1.91. The maximum absolute atomic E-state index is 9.80. The third-order valence-corrected chi connectivity index (χ3v) is 3.04.